The molecule has 0 atom stereocenters. The van der Waals surface area contributed by atoms with E-state index in [4.69, 9.17) is 10.5 Å². The third-order valence-electron chi connectivity index (χ3n) is 2.60. The first-order valence-corrected chi connectivity index (χ1v) is 5.44. The fraction of sp³-hybridized carbons (Fsp3) is 0.417. The second-order valence-electron chi connectivity index (χ2n) is 3.97. The first-order valence-electron chi connectivity index (χ1n) is 5.44. The summed E-state index contributed by atoms with van der Waals surface area (Å²) in [7, 11) is 1.71. The molecule has 2 N–H and O–H groups in total. The maximum atomic E-state index is 11.4. The van der Waals surface area contributed by atoms with Gasteiger partial charge in [-0.05, 0) is 37.1 Å². The topological polar surface area (TPSA) is 55.6 Å². The van der Waals surface area contributed by atoms with E-state index < -0.39 is 0 Å². The molecule has 1 aliphatic rings. The van der Waals surface area contributed by atoms with Crippen LogP contribution in [0.3, 0.4) is 0 Å². The molecular weight excluding hydrogens is 240 g/mol. The lowest BCUT2D eigenvalue weighted by Gasteiger charge is -2.16. The fourth-order valence-corrected chi connectivity index (χ4v) is 1.41. The predicted molar refractivity (Wildman–Crippen MR) is 69.8 cm³/mol. The molecule has 0 aromatic heterocycles. The Hall–Kier alpha value is -1.26. The number of anilines is 1. The van der Waals surface area contributed by atoms with Crippen LogP contribution in [0.2, 0.25) is 0 Å². The Balaban J connectivity index is 0.00000144. The average Bonchev–Trinajstić information content (AvgIpc) is 3.12. The van der Waals surface area contributed by atoms with Crippen molar-refractivity contribution in [3.8, 4) is 5.75 Å². The number of carbonyl (C=O) groups is 1. The van der Waals surface area contributed by atoms with Crippen molar-refractivity contribution in [3.63, 3.8) is 0 Å². The van der Waals surface area contributed by atoms with Gasteiger partial charge < -0.3 is 15.4 Å². The van der Waals surface area contributed by atoms with Crippen molar-refractivity contribution in [2.24, 2.45) is 5.73 Å². The molecule has 0 radical (unpaired) electrons. The lowest BCUT2D eigenvalue weighted by molar-refractivity contribution is -0.117. The van der Waals surface area contributed by atoms with Crippen molar-refractivity contribution >= 4 is 24.0 Å². The summed E-state index contributed by atoms with van der Waals surface area (Å²) in [6.07, 6.45) is 2.69. The van der Waals surface area contributed by atoms with Gasteiger partial charge in [0.25, 0.3) is 0 Å². The van der Waals surface area contributed by atoms with Crippen LogP contribution in [0.25, 0.3) is 0 Å². The van der Waals surface area contributed by atoms with E-state index in [2.05, 4.69) is 0 Å². The van der Waals surface area contributed by atoms with E-state index in [-0.39, 0.29) is 24.9 Å². The monoisotopic (exact) mass is 256 g/mol. The first-order chi connectivity index (χ1) is 7.70. The van der Waals surface area contributed by atoms with Crippen LogP contribution >= 0.6 is 12.4 Å². The van der Waals surface area contributed by atoms with Crippen molar-refractivity contribution in [2.45, 2.75) is 18.9 Å². The molecule has 2 rings (SSSR count). The minimum absolute atomic E-state index is 0. The SMILES string of the molecule is CN(C(=O)CN)c1ccc(OC2CC2)cc1.Cl. The lowest BCUT2D eigenvalue weighted by Crippen LogP contribution is -2.32. The summed E-state index contributed by atoms with van der Waals surface area (Å²) in [6, 6.07) is 7.50. The summed E-state index contributed by atoms with van der Waals surface area (Å²) in [4.78, 5) is 12.9. The Morgan fingerprint density at radius 3 is 2.47 bits per heavy atom. The van der Waals surface area contributed by atoms with E-state index in [1.165, 1.54) is 0 Å². The molecule has 1 fully saturated rings. The number of amides is 1. The Morgan fingerprint density at radius 1 is 1.41 bits per heavy atom. The van der Waals surface area contributed by atoms with Gasteiger partial charge in [-0.2, -0.15) is 0 Å². The molecule has 0 unspecified atom stereocenters. The van der Waals surface area contributed by atoms with E-state index in [1.807, 2.05) is 24.3 Å². The Labute approximate surface area is 107 Å². The van der Waals surface area contributed by atoms with Gasteiger partial charge in [-0.15, -0.1) is 12.4 Å². The summed E-state index contributed by atoms with van der Waals surface area (Å²) in [5.74, 6) is 0.760. The summed E-state index contributed by atoms with van der Waals surface area (Å²) < 4.78 is 5.62. The average molecular weight is 257 g/mol. The summed E-state index contributed by atoms with van der Waals surface area (Å²) in [5.41, 5.74) is 6.13. The molecule has 94 valence electrons. The van der Waals surface area contributed by atoms with E-state index in [9.17, 15) is 4.79 Å². The zero-order chi connectivity index (χ0) is 11.5. The van der Waals surface area contributed by atoms with Gasteiger partial charge in [0.1, 0.15) is 5.75 Å². The molecule has 0 aliphatic heterocycles. The van der Waals surface area contributed by atoms with Crippen molar-refractivity contribution in [3.05, 3.63) is 24.3 Å². The van der Waals surface area contributed by atoms with Gasteiger partial charge in [0.05, 0.1) is 12.6 Å². The van der Waals surface area contributed by atoms with Crippen LogP contribution in [-0.2, 0) is 4.79 Å². The number of halogens is 1. The molecule has 0 bridgehead atoms. The highest BCUT2D eigenvalue weighted by Gasteiger charge is 2.23. The van der Waals surface area contributed by atoms with Gasteiger partial charge >= 0.3 is 0 Å². The minimum Gasteiger partial charge on any atom is -0.490 e. The molecule has 1 amide bonds. The highest BCUT2D eigenvalue weighted by molar-refractivity contribution is 5.94. The van der Waals surface area contributed by atoms with E-state index in [0.29, 0.717) is 6.10 Å². The second-order valence-corrected chi connectivity index (χ2v) is 3.97. The summed E-state index contributed by atoms with van der Waals surface area (Å²) in [6.45, 7) is 0.0246. The van der Waals surface area contributed by atoms with Crippen LogP contribution in [0.4, 0.5) is 5.69 Å². The third kappa shape index (κ3) is 3.61. The van der Waals surface area contributed by atoms with Crippen LogP contribution in [0.5, 0.6) is 5.75 Å². The minimum atomic E-state index is -0.101. The van der Waals surface area contributed by atoms with Crippen LogP contribution in [0.1, 0.15) is 12.8 Å². The Kier molecular flexibility index (Phi) is 4.78. The molecule has 5 heteroatoms. The number of benzene rings is 1. The van der Waals surface area contributed by atoms with Crippen LogP contribution in [-0.4, -0.2) is 25.6 Å². The van der Waals surface area contributed by atoms with E-state index in [1.54, 1.807) is 11.9 Å². The Bertz CT molecular complexity index is 377. The molecule has 0 saturated heterocycles. The van der Waals surface area contributed by atoms with Crippen molar-refractivity contribution in [1.82, 2.24) is 0 Å². The molecular formula is C12H17ClN2O2. The number of ether oxygens (including phenoxy) is 1. The third-order valence-corrected chi connectivity index (χ3v) is 2.60. The number of nitrogens with zero attached hydrogens (tertiary/aromatic N) is 1. The number of likely N-dealkylation sites (N-methyl/N-ethyl adjacent to an activating group) is 1. The molecule has 1 aliphatic carbocycles. The maximum Gasteiger partial charge on any atom is 0.240 e. The molecule has 1 aromatic rings. The van der Waals surface area contributed by atoms with E-state index in [0.717, 1.165) is 24.3 Å². The largest absolute Gasteiger partial charge is 0.490 e. The van der Waals surface area contributed by atoms with Gasteiger partial charge in [-0.1, -0.05) is 0 Å². The molecule has 0 heterocycles. The van der Waals surface area contributed by atoms with Gasteiger partial charge in [-0.25, -0.2) is 0 Å². The van der Waals surface area contributed by atoms with Gasteiger partial charge in [0.2, 0.25) is 5.91 Å². The van der Waals surface area contributed by atoms with Crippen molar-refractivity contribution in [2.75, 3.05) is 18.5 Å². The summed E-state index contributed by atoms with van der Waals surface area (Å²) >= 11 is 0. The highest BCUT2D eigenvalue weighted by atomic mass is 35.5. The fourth-order valence-electron chi connectivity index (χ4n) is 1.41. The predicted octanol–water partition coefficient (Wildman–Crippen LogP) is 1.57. The number of carbonyl (C=O) groups excluding carboxylic acids is 1. The zero-order valence-corrected chi connectivity index (χ0v) is 10.6. The number of hydrogen-bond donors (Lipinski definition) is 1. The number of hydrogen-bond acceptors (Lipinski definition) is 3. The quantitative estimate of drug-likeness (QED) is 0.890. The highest BCUT2D eigenvalue weighted by Crippen LogP contribution is 2.27. The normalized spacial score (nSPS) is 13.8. The zero-order valence-electron chi connectivity index (χ0n) is 9.76. The molecule has 17 heavy (non-hydrogen) atoms. The van der Waals surface area contributed by atoms with Gasteiger partial charge in [-0.3, -0.25) is 4.79 Å². The maximum absolute atomic E-state index is 11.4. The Morgan fingerprint density at radius 2 is 2.00 bits per heavy atom. The molecule has 1 aromatic carbocycles. The first kappa shape index (κ1) is 13.8. The van der Waals surface area contributed by atoms with Gasteiger partial charge in [0.15, 0.2) is 0 Å². The van der Waals surface area contributed by atoms with E-state index >= 15 is 0 Å². The van der Waals surface area contributed by atoms with Crippen LogP contribution in [0, 0.1) is 0 Å². The van der Waals surface area contributed by atoms with Crippen molar-refractivity contribution in [1.29, 1.82) is 0 Å². The smallest absolute Gasteiger partial charge is 0.240 e. The number of rotatable bonds is 4. The molecule has 1 saturated carbocycles. The molecule has 4 nitrogen and oxygen atoms in total. The van der Waals surface area contributed by atoms with Crippen LogP contribution in [0.15, 0.2) is 24.3 Å². The van der Waals surface area contributed by atoms with Crippen LogP contribution < -0.4 is 15.4 Å². The standard InChI is InChI=1S/C12H16N2O2.ClH/c1-14(12(15)8-13)9-2-4-10(5-3-9)16-11-6-7-11;/h2-5,11H,6-8,13H2,1H3;1H. The summed E-state index contributed by atoms with van der Waals surface area (Å²) in [5, 5.41) is 0. The molecule has 0 spiro atoms. The lowest BCUT2D eigenvalue weighted by atomic mass is 10.3. The second kappa shape index (κ2) is 5.89. The van der Waals surface area contributed by atoms with Crippen molar-refractivity contribution < 1.29 is 9.53 Å². The van der Waals surface area contributed by atoms with Gasteiger partial charge in [0, 0.05) is 12.7 Å². The number of nitrogens with two attached hydrogens (primary N) is 1.